The van der Waals surface area contributed by atoms with Gasteiger partial charge in [-0.25, -0.2) is 4.90 Å². The van der Waals surface area contributed by atoms with Crippen LogP contribution in [0.2, 0.25) is 10.0 Å². The molecule has 6 nitrogen and oxygen atoms in total. The Morgan fingerprint density at radius 1 is 0.811 bits per heavy atom. The van der Waals surface area contributed by atoms with Gasteiger partial charge >= 0.3 is 0 Å². The minimum Gasteiger partial charge on any atom is -0.349 e. The van der Waals surface area contributed by atoms with Crippen molar-refractivity contribution in [3.8, 4) is 0 Å². The van der Waals surface area contributed by atoms with E-state index in [4.69, 9.17) is 27.9 Å². The number of halogens is 2. The molecule has 0 aromatic heterocycles. The third kappa shape index (κ3) is 3.22. The van der Waals surface area contributed by atoms with Crippen molar-refractivity contribution in [1.82, 2.24) is 0 Å². The Morgan fingerprint density at radius 2 is 1.43 bits per heavy atom. The van der Waals surface area contributed by atoms with Crippen LogP contribution in [0, 0.1) is 11.8 Å². The maximum atomic E-state index is 14.0. The number of benzene rings is 3. The zero-order valence-corrected chi connectivity index (χ0v) is 21.4. The first-order chi connectivity index (χ1) is 17.7. The summed E-state index contributed by atoms with van der Waals surface area (Å²) in [6, 6.07) is 18.3. The molecule has 3 aromatic rings. The zero-order chi connectivity index (χ0) is 26.2. The van der Waals surface area contributed by atoms with Crippen LogP contribution >= 0.6 is 23.2 Å². The van der Waals surface area contributed by atoms with E-state index >= 15 is 0 Å². The number of imide groups is 1. The first kappa shape index (κ1) is 24.0. The van der Waals surface area contributed by atoms with Gasteiger partial charge in [-0.05, 0) is 35.2 Å². The summed E-state index contributed by atoms with van der Waals surface area (Å²) in [6.07, 6.45) is -0.974. The van der Waals surface area contributed by atoms with Gasteiger partial charge in [0.15, 0.2) is 0 Å². The van der Waals surface area contributed by atoms with E-state index in [1.165, 1.54) is 18.2 Å². The fourth-order valence-corrected chi connectivity index (χ4v) is 6.06. The van der Waals surface area contributed by atoms with Gasteiger partial charge < -0.3 is 4.74 Å². The molecule has 6 rings (SSSR count). The number of carbonyl (C=O) groups is 4. The summed E-state index contributed by atoms with van der Waals surface area (Å²) in [4.78, 5) is 56.5. The van der Waals surface area contributed by atoms with E-state index in [1.54, 1.807) is 24.3 Å². The molecule has 2 amide bonds. The van der Waals surface area contributed by atoms with E-state index in [0.29, 0.717) is 5.56 Å². The van der Waals surface area contributed by atoms with Gasteiger partial charge in [-0.15, -0.1) is 0 Å². The van der Waals surface area contributed by atoms with E-state index in [-0.39, 0.29) is 32.8 Å². The summed E-state index contributed by atoms with van der Waals surface area (Å²) in [6.45, 7) is 4.13. The van der Waals surface area contributed by atoms with Crippen LogP contribution in [0.3, 0.4) is 0 Å². The van der Waals surface area contributed by atoms with Crippen LogP contribution in [0.25, 0.3) is 0 Å². The predicted molar refractivity (Wildman–Crippen MR) is 138 cm³/mol. The van der Waals surface area contributed by atoms with Gasteiger partial charge in [0, 0.05) is 11.1 Å². The number of ketones is 2. The number of amides is 2. The van der Waals surface area contributed by atoms with Gasteiger partial charge in [-0.2, -0.15) is 0 Å². The number of carbonyl (C=O) groups excluding carboxylic acids is 4. The third-order valence-corrected chi connectivity index (χ3v) is 8.35. The van der Waals surface area contributed by atoms with Gasteiger partial charge in [-0.3, -0.25) is 19.2 Å². The number of fused-ring (bicyclic) bond motifs is 3. The minimum absolute atomic E-state index is 0.170. The second-order valence-electron chi connectivity index (χ2n) is 9.91. The van der Waals surface area contributed by atoms with E-state index in [9.17, 15) is 19.2 Å². The average molecular weight is 534 g/mol. The van der Waals surface area contributed by atoms with Crippen LogP contribution in [0.15, 0.2) is 66.7 Å². The molecule has 1 spiro atoms. The number of rotatable bonds is 3. The highest BCUT2D eigenvalue weighted by Gasteiger charge is 2.74. The van der Waals surface area contributed by atoms with Gasteiger partial charge in [0.25, 0.3) is 0 Å². The van der Waals surface area contributed by atoms with Crippen molar-refractivity contribution in [2.24, 2.45) is 11.8 Å². The third-order valence-electron chi connectivity index (χ3n) is 7.61. The summed E-state index contributed by atoms with van der Waals surface area (Å²) in [5.74, 6) is -4.54. The molecule has 2 fully saturated rings. The van der Waals surface area contributed by atoms with E-state index in [1.807, 2.05) is 24.3 Å². The van der Waals surface area contributed by atoms with Crippen LogP contribution in [-0.4, -0.2) is 29.0 Å². The molecule has 1 aliphatic carbocycles. The Labute approximate surface area is 223 Å². The molecule has 0 N–H and O–H groups in total. The highest BCUT2D eigenvalue weighted by molar-refractivity contribution is 6.42. The Bertz CT molecular complexity index is 1480. The van der Waals surface area contributed by atoms with Crippen LogP contribution in [0.4, 0.5) is 5.69 Å². The van der Waals surface area contributed by atoms with Crippen LogP contribution < -0.4 is 4.90 Å². The molecule has 0 unspecified atom stereocenters. The lowest BCUT2D eigenvalue weighted by atomic mass is 9.77. The smallest absolute Gasteiger partial charge is 0.241 e. The predicted octanol–water partition coefficient (Wildman–Crippen LogP) is 5.81. The normalized spacial score (nSPS) is 23.9. The monoisotopic (exact) mass is 533 g/mol. The standard InChI is InChI=1S/C29H21Cl2NO5/c1-14(2)15-7-9-16(10-8-15)24-22-23(28(36)32(27(22)35)17-11-12-20(30)21(31)13-17)29(37-24)25(33)18-5-3-4-6-19(18)26(29)34/h3-14,22-24H,1-2H3/t22-,23+,24-/m1/s1. The van der Waals surface area contributed by atoms with E-state index in [0.717, 1.165) is 10.5 Å². The lowest BCUT2D eigenvalue weighted by Gasteiger charge is -2.27. The lowest BCUT2D eigenvalue weighted by molar-refractivity contribution is -0.127. The number of Topliss-reactive ketones (excluding diaryl/α,β-unsaturated/α-hetero) is 2. The quantitative estimate of drug-likeness (QED) is 0.313. The summed E-state index contributed by atoms with van der Waals surface area (Å²) < 4.78 is 6.32. The Hall–Kier alpha value is -3.32. The largest absolute Gasteiger partial charge is 0.349 e. The maximum absolute atomic E-state index is 14.0. The Kier molecular flexibility index (Phi) is 5.42. The number of anilines is 1. The lowest BCUT2D eigenvalue weighted by Crippen LogP contribution is -2.51. The molecule has 3 aliphatic rings. The SMILES string of the molecule is CC(C)c1ccc([C@H]2OC3(C(=O)c4ccccc4C3=O)[C@@H]3C(=O)N(c4ccc(Cl)c(Cl)c4)C(=O)[C@@H]23)cc1. The van der Waals surface area contributed by atoms with Gasteiger partial charge in [0.05, 0.1) is 33.7 Å². The van der Waals surface area contributed by atoms with Crippen molar-refractivity contribution < 1.29 is 23.9 Å². The van der Waals surface area contributed by atoms with Gasteiger partial charge in [0.1, 0.15) is 0 Å². The molecular weight excluding hydrogens is 513 g/mol. The molecule has 0 bridgehead atoms. The number of hydrogen-bond acceptors (Lipinski definition) is 5. The summed E-state index contributed by atoms with van der Waals surface area (Å²) in [5, 5.41) is 0.438. The number of nitrogens with zero attached hydrogens (tertiary/aromatic N) is 1. The molecule has 2 saturated heterocycles. The zero-order valence-electron chi connectivity index (χ0n) is 19.9. The highest BCUT2D eigenvalue weighted by Crippen LogP contribution is 2.57. The number of ether oxygens (including phenoxy) is 1. The summed E-state index contributed by atoms with van der Waals surface area (Å²) in [7, 11) is 0. The van der Waals surface area contributed by atoms with Crippen LogP contribution in [-0.2, 0) is 14.3 Å². The highest BCUT2D eigenvalue weighted by atomic mass is 35.5. The van der Waals surface area contributed by atoms with Crippen molar-refractivity contribution in [1.29, 1.82) is 0 Å². The molecule has 3 aromatic carbocycles. The van der Waals surface area contributed by atoms with E-state index < -0.39 is 46.9 Å². The van der Waals surface area contributed by atoms with Crippen molar-refractivity contribution in [3.05, 3.63) is 99.0 Å². The van der Waals surface area contributed by atoms with Crippen LogP contribution in [0.1, 0.15) is 57.7 Å². The fourth-order valence-electron chi connectivity index (χ4n) is 5.77. The summed E-state index contributed by atoms with van der Waals surface area (Å²) >= 11 is 12.2. The Morgan fingerprint density at radius 3 is 2.00 bits per heavy atom. The molecular formula is C29H21Cl2NO5. The fraction of sp³-hybridized carbons (Fsp3) is 0.241. The molecule has 0 saturated carbocycles. The molecule has 2 heterocycles. The molecule has 2 aliphatic heterocycles. The molecule has 3 atom stereocenters. The minimum atomic E-state index is -2.12. The van der Waals surface area contributed by atoms with Gasteiger partial charge in [-0.1, -0.05) is 85.6 Å². The molecule has 0 radical (unpaired) electrons. The molecule has 37 heavy (non-hydrogen) atoms. The summed E-state index contributed by atoms with van der Waals surface area (Å²) in [5.41, 5.74) is 0.182. The second-order valence-corrected chi connectivity index (χ2v) is 10.7. The second kappa shape index (κ2) is 8.35. The maximum Gasteiger partial charge on any atom is 0.241 e. The van der Waals surface area contributed by atoms with Crippen molar-refractivity contribution in [2.75, 3.05) is 4.90 Å². The average Bonchev–Trinajstić information content (AvgIpc) is 3.46. The molecule has 186 valence electrons. The Balaban J connectivity index is 1.52. The van der Waals surface area contributed by atoms with Crippen molar-refractivity contribution >= 4 is 52.3 Å². The van der Waals surface area contributed by atoms with Crippen molar-refractivity contribution in [2.45, 2.75) is 31.5 Å². The van der Waals surface area contributed by atoms with Crippen molar-refractivity contribution in [3.63, 3.8) is 0 Å². The first-order valence-electron chi connectivity index (χ1n) is 12.0. The van der Waals surface area contributed by atoms with Gasteiger partial charge in [0.2, 0.25) is 29.0 Å². The van der Waals surface area contributed by atoms with E-state index in [2.05, 4.69) is 13.8 Å². The van der Waals surface area contributed by atoms with Crippen LogP contribution in [0.5, 0.6) is 0 Å². The topological polar surface area (TPSA) is 80.8 Å². The molecule has 8 heteroatoms. The number of hydrogen-bond donors (Lipinski definition) is 0. The first-order valence-corrected chi connectivity index (χ1v) is 12.7.